The number of methoxy groups -OCH3 is 2. The van der Waals surface area contributed by atoms with Crippen LogP contribution in [-0.4, -0.2) is 42.2 Å². The van der Waals surface area contributed by atoms with Crippen molar-refractivity contribution in [3.8, 4) is 17.4 Å². The smallest absolute Gasteiger partial charge is 0.286 e. The fourth-order valence-electron chi connectivity index (χ4n) is 3.48. The number of nitro benzene ring substituents is 1. The number of hydrogen-bond acceptors (Lipinski definition) is 7. The predicted molar refractivity (Wildman–Crippen MR) is 109 cm³/mol. The summed E-state index contributed by atoms with van der Waals surface area (Å²) >= 11 is 0. The third-order valence-corrected chi connectivity index (χ3v) is 5.12. The topological polar surface area (TPSA) is 113 Å². The van der Waals surface area contributed by atoms with E-state index in [0.717, 1.165) is 18.4 Å². The molecule has 160 valence electrons. The number of nitrogens with one attached hydrogen (secondary N) is 1. The van der Waals surface area contributed by atoms with Gasteiger partial charge < -0.3 is 19.5 Å². The van der Waals surface area contributed by atoms with Crippen molar-refractivity contribution in [2.45, 2.75) is 44.8 Å². The second-order valence-corrected chi connectivity index (χ2v) is 7.22. The maximum atomic E-state index is 12.8. The monoisotopic (exact) mass is 415 g/mol. The summed E-state index contributed by atoms with van der Waals surface area (Å²) in [6.07, 6.45) is 4.73. The van der Waals surface area contributed by atoms with Crippen LogP contribution in [-0.2, 0) is 0 Å². The molecule has 0 saturated heterocycles. The Balaban J connectivity index is 1.63. The summed E-state index contributed by atoms with van der Waals surface area (Å²) in [5.41, 5.74) is 0.686. The highest BCUT2D eigenvalue weighted by molar-refractivity contribution is 5.99. The number of aryl methyl sites for hydroxylation is 1. The van der Waals surface area contributed by atoms with E-state index >= 15 is 0 Å². The van der Waals surface area contributed by atoms with Crippen LogP contribution in [0.5, 0.6) is 17.4 Å². The number of amides is 1. The third kappa shape index (κ3) is 4.97. The van der Waals surface area contributed by atoms with Crippen molar-refractivity contribution in [2.24, 2.45) is 0 Å². The standard InChI is InChI=1S/C21H25N3O6/c1-13-4-9-20(22-12-13)30-15-7-5-14(6-8-15)23-21(25)16-10-18(28-2)19(29-3)11-17(16)24(26)27/h4,9-12,14-15H,5-8H2,1-3H3,(H,23,25). The summed E-state index contributed by atoms with van der Waals surface area (Å²) < 4.78 is 16.2. The Morgan fingerprint density at radius 1 is 1.13 bits per heavy atom. The Bertz CT molecular complexity index is 908. The molecule has 3 rings (SSSR count). The average Bonchev–Trinajstić information content (AvgIpc) is 2.75. The molecule has 0 spiro atoms. The van der Waals surface area contributed by atoms with E-state index in [1.165, 1.54) is 26.4 Å². The van der Waals surface area contributed by atoms with Crippen molar-refractivity contribution in [3.05, 3.63) is 51.7 Å². The Morgan fingerprint density at radius 3 is 2.37 bits per heavy atom. The van der Waals surface area contributed by atoms with E-state index in [1.54, 1.807) is 6.20 Å². The number of nitrogens with zero attached hydrogens (tertiary/aromatic N) is 2. The zero-order valence-electron chi connectivity index (χ0n) is 17.2. The van der Waals surface area contributed by atoms with Gasteiger partial charge in [-0.3, -0.25) is 14.9 Å². The highest BCUT2D eigenvalue weighted by Gasteiger charge is 2.28. The van der Waals surface area contributed by atoms with Crippen LogP contribution in [0.25, 0.3) is 0 Å². The van der Waals surface area contributed by atoms with Gasteiger partial charge in [-0.2, -0.15) is 0 Å². The van der Waals surface area contributed by atoms with Crippen LogP contribution in [0, 0.1) is 17.0 Å². The fourth-order valence-corrected chi connectivity index (χ4v) is 3.48. The van der Waals surface area contributed by atoms with Gasteiger partial charge in [0.15, 0.2) is 11.5 Å². The first-order valence-corrected chi connectivity index (χ1v) is 9.71. The van der Waals surface area contributed by atoms with Gasteiger partial charge in [0.1, 0.15) is 11.7 Å². The quantitative estimate of drug-likeness (QED) is 0.544. The number of nitro groups is 1. The Hall–Kier alpha value is -3.36. The summed E-state index contributed by atoms with van der Waals surface area (Å²) in [5, 5.41) is 14.3. The van der Waals surface area contributed by atoms with Gasteiger partial charge in [-0.15, -0.1) is 0 Å². The Labute approximate surface area is 174 Å². The molecule has 2 aromatic rings. The molecule has 1 N–H and O–H groups in total. The van der Waals surface area contributed by atoms with Gasteiger partial charge in [0.2, 0.25) is 5.88 Å². The van der Waals surface area contributed by atoms with Gasteiger partial charge in [-0.1, -0.05) is 6.07 Å². The number of carbonyl (C=O) groups excluding carboxylic acids is 1. The largest absolute Gasteiger partial charge is 0.493 e. The van der Waals surface area contributed by atoms with Gasteiger partial charge in [-0.25, -0.2) is 4.98 Å². The predicted octanol–water partition coefficient (Wildman–Crippen LogP) is 3.44. The number of ether oxygens (including phenoxy) is 3. The Morgan fingerprint density at radius 2 is 1.80 bits per heavy atom. The maximum absolute atomic E-state index is 12.8. The number of rotatable bonds is 7. The minimum absolute atomic E-state index is 0.0313. The van der Waals surface area contributed by atoms with Gasteiger partial charge in [0.25, 0.3) is 11.6 Å². The summed E-state index contributed by atoms with van der Waals surface area (Å²) in [6.45, 7) is 1.97. The van der Waals surface area contributed by atoms with Crippen LogP contribution in [0.1, 0.15) is 41.6 Å². The van der Waals surface area contributed by atoms with Crippen molar-refractivity contribution >= 4 is 11.6 Å². The lowest BCUT2D eigenvalue weighted by atomic mass is 9.92. The van der Waals surface area contributed by atoms with E-state index in [-0.39, 0.29) is 34.9 Å². The number of pyridine rings is 1. The molecule has 1 aliphatic rings. The lowest BCUT2D eigenvalue weighted by molar-refractivity contribution is -0.385. The molecule has 9 heteroatoms. The first-order chi connectivity index (χ1) is 14.4. The Kier molecular flexibility index (Phi) is 6.71. The number of aromatic nitrogens is 1. The minimum Gasteiger partial charge on any atom is -0.493 e. The van der Waals surface area contributed by atoms with Gasteiger partial charge in [-0.05, 0) is 38.2 Å². The van der Waals surface area contributed by atoms with Crippen LogP contribution in [0.3, 0.4) is 0 Å². The molecule has 1 aromatic heterocycles. The fraction of sp³-hybridized carbons (Fsp3) is 0.429. The molecular formula is C21H25N3O6. The van der Waals surface area contributed by atoms with E-state index in [1.807, 2.05) is 19.1 Å². The van der Waals surface area contributed by atoms with Crippen molar-refractivity contribution < 1.29 is 23.9 Å². The first kappa shape index (κ1) is 21.4. The summed E-state index contributed by atoms with van der Waals surface area (Å²) in [7, 11) is 2.80. The highest BCUT2D eigenvalue weighted by atomic mass is 16.6. The number of carbonyl (C=O) groups is 1. The molecule has 30 heavy (non-hydrogen) atoms. The molecule has 1 aromatic carbocycles. The third-order valence-electron chi connectivity index (χ3n) is 5.12. The van der Waals surface area contributed by atoms with Crippen LogP contribution < -0.4 is 19.5 Å². The molecule has 0 aliphatic heterocycles. The van der Waals surface area contributed by atoms with E-state index < -0.39 is 10.8 Å². The molecule has 0 atom stereocenters. The second kappa shape index (κ2) is 9.43. The maximum Gasteiger partial charge on any atom is 0.286 e. The van der Waals surface area contributed by atoms with Crippen LogP contribution in [0.2, 0.25) is 0 Å². The molecule has 0 radical (unpaired) electrons. The average molecular weight is 415 g/mol. The molecule has 0 unspecified atom stereocenters. The molecular weight excluding hydrogens is 390 g/mol. The highest BCUT2D eigenvalue weighted by Crippen LogP contribution is 2.34. The lowest BCUT2D eigenvalue weighted by Crippen LogP contribution is -2.40. The molecule has 1 saturated carbocycles. The van der Waals surface area contributed by atoms with Gasteiger partial charge in [0.05, 0.1) is 25.2 Å². The SMILES string of the molecule is COc1cc(C(=O)NC2CCC(Oc3ccc(C)cn3)CC2)c([N+](=O)[O-])cc1OC. The molecule has 1 aliphatic carbocycles. The van der Waals surface area contributed by atoms with E-state index in [2.05, 4.69) is 10.3 Å². The summed E-state index contributed by atoms with van der Waals surface area (Å²) in [4.78, 5) is 27.8. The van der Waals surface area contributed by atoms with Gasteiger partial charge >= 0.3 is 0 Å². The molecule has 1 amide bonds. The van der Waals surface area contributed by atoms with Crippen LogP contribution >= 0.6 is 0 Å². The van der Waals surface area contributed by atoms with E-state index in [9.17, 15) is 14.9 Å². The minimum atomic E-state index is -0.601. The van der Waals surface area contributed by atoms with Crippen molar-refractivity contribution in [3.63, 3.8) is 0 Å². The van der Waals surface area contributed by atoms with Crippen molar-refractivity contribution in [1.29, 1.82) is 0 Å². The van der Waals surface area contributed by atoms with Crippen molar-refractivity contribution in [2.75, 3.05) is 14.2 Å². The van der Waals surface area contributed by atoms with E-state index in [0.29, 0.717) is 18.7 Å². The first-order valence-electron chi connectivity index (χ1n) is 9.71. The molecule has 1 heterocycles. The second-order valence-electron chi connectivity index (χ2n) is 7.22. The molecule has 1 fully saturated rings. The molecule has 0 bridgehead atoms. The zero-order chi connectivity index (χ0) is 21.7. The summed E-state index contributed by atoms with van der Waals surface area (Å²) in [5.74, 6) is 0.542. The number of hydrogen-bond donors (Lipinski definition) is 1. The zero-order valence-corrected chi connectivity index (χ0v) is 17.2. The van der Waals surface area contributed by atoms with Crippen LogP contribution in [0.4, 0.5) is 5.69 Å². The summed E-state index contributed by atoms with van der Waals surface area (Å²) in [6, 6.07) is 6.25. The van der Waals surface area contributed by atoms with Crippen LogP contribution in [0.15, 0.2) is 30.5 Å². The molecule has 9 nitrogen and oxygen atoms in total. The lowest BCUT2D eigenvalue weighted by Gasteiger charge is -2.29. The van der Waals surface area contributed by atoms with Crippen molar-refractivity contribution in [1.82, 2.24) is 10.3 Å². The van der Waals surface area contributed by atoms with Gasteiger partial charge in [0, 0.05) is 24.4 Å². The normalized spacial score (nSPS) is 18.4. The number of benzene rings is 1. The van der Waals surface area contributed by atoms with E-state index in [4.69, 9.17) is 14.2 Å².